The van der Waals surface area contributed by atoms with E-state index in [1.165, 1.54) is 16.9 Å². The van der Waals surface area contributed by atoms with E-state index in [0.717, 1.165) is 5.56 Å². The number of methoxy groups -OCH3 is 1. The number of carboxylic acid groups (broad SMARTS) is 2. The number of carboxylic acids is 2. The maximum absolute atomic E-state index is 13.6. The lowest BCUT2D eigenvalue weighted by molar-refractivity contribution is -0.159. The van der Waals surface area contributed by atoms with Crippen LogP contribution in [0.4, 0.5) is 0 Å². The van der Waals surface area contributed by atoms with Gasteiger partial charge in [0.1, 0.15) is 12.2 Å². The van der Waals surface area contributed by atoms with Crippen molar-refractivity contribution in [3.63, 3.8) is 0 Å². The molecule has 1 aliphatic rings. The van der Waals surface area contributed by atoms with Gasteiger partial charge in [-0.25, -0.2) is 4.79 Å². The molecule has 0 aliphatic carbocycles. The van der Waals surface area contributed by atoms with Crippen molar-refractivity contribution in [3.05, 3.63) is 29.3 Å². The van der Waals surface area contributed by atoms with Crippen LogP contribution in [-0.2, 0) is 19.8 Å². The molecule has 0 spiro atoms. The number of ether oxygens (including phenoxy) is 1. The predicted molar refractivity (Wildman–Crippen MR) is 121 cm³/mol. The lowest BCUT2D eigenvalue weighted by Crippen LogP contribution is -2.68. The topological polar surface area (TPSA) is 124 Å². The SMILES string of the molecule is COc1cc(C(=O)N2CCN(C(=O)CC(=O)O)CC2(CC(C)C)C(=O)O)ccc1C(C)(C)C. The Morgan fingerprint density at radius 1 is 1.12 bits per heavy atom. The number of carbonyl (C=O) groups is 4. The Balaban J connectivity index is 2.50. The molecule has 1 fully saturated rings. The number of nitrogens with zero attached hydrogens (tertiary/aromatic N) is 2. The molecule has 1 atom stereocenters. The third-order valence-corrected chi connectivity index (χ3v) is 5.86. The van der Waals surface area contributed by atoms with Crippen molar-refractivity contribution in [3.8, 4) is 5.75 Å². The summed E-state index contributed by atoms with van der Waals surface area (Å²) in [6, 6.07) is 5.09. The van der Waals surface area contributed by atoms with Crippen LogP contribution in [-0.4, -0.2) is 76.0 Å². The molecule has 0 radical (unpaired) electrons. The monoisotopic (exact) mass is 462 g/mol. The summed E-state index contributed by atoms with van der Waals surface area (Å²) in [5.74, 6) is -3.20. The number of benzene rings is 1. The van der Waals surface area contributed by atoms with E-state index in [1.807, 2.05) is 40.7 Å². The van der Waals surface area contributed by atoms with Gasteiger partial charge in [-0.1, -0.05) is 40.7 Å². The van der Waals surface area contributed by atoms with Gasteiger partial charge in [-0.15, -0.1) is 0 Å². The Hall–Kier alpha value is -3.10. The number of hydrogen-bond acceptors (Lipinski definition) is 5. The first kappa shape index (κ1) is 26.2. The van der Waals surface area contributed by atoms with E-state index >= 15 is 0 Å². The highest BCUT2D eigenvalue weighted by atomic mass is 16.5. The zero-order valence-corrected chi connectivity index (χ0v) is 20.2. The molecule has 1 aromatic carbocycles. The molecule has 0 saturated carbocycles. The molecule has 0 aromatic heterocycles. The first-order valence-corrected chi connectivity index (χ1v) is 11.0. The molecule has 182 valence electrons. The molecular weight excluding hydrogens is 428 g/mol. The molecular formula is C24H34N2O7. The van der Waals surface area contributed by atoms with Gasteiger partial charge in [0.2, 0.25) is 5.91 Å². The Morgan fingerprint density at radius 3 is 2.24 bits per heavy atom. The molecule has 1 aliphatic heterocycles. The standard InChI is InChI=1S/C24H34N2O7/c1-15(2)13-24(22(31)32)14-25(19(27)12-20(28)29)9-10-26(24)21(30)16-7-8-17(23(3,4)5)18(11-16)33-6/h7-8,11,15H,9-10,12-14H2,1-6H3,(H,28,29)(H,31,32). The van der Waals surface area contributed by atoms with E-state index in [9.17, 15) is 24.3 Å². The fraction of sp³-hybridized carbons (Fsp3) is 0.583. The van der Waals surface area contributed by atoms with E-state index < -0.39 is 35.7 Å². The van der Waals surface area contributed by atoms with E-state index in [0.29, 0.717) is 11.3 Å². The quantitative estimate of drug-likeness (QED) is 0.597. The molecule has 1 unspecified atom stereocenters. The molecule has 1 saturated heterocycles. The Kier molecular flexibility index (Phi) is 7.77. The summed E-state index contributed by atoms with van der Waals surface area (Å²) in [5.41, 5.74) is -0.684. The summed E-state index contributed by atoms with van der Waals surface area (Å²) < 4.78 is 5.50. The maximum atomic E-state index is 13.6. The highest BCUT2D eigenvalue weighted by Crippen LogP contribution is 2.35. The number of piperazine rings is 1. The van der Waals surface area contributed by atoms with E-state index in [4.69, 9.17) is 9.84 Å². The van der Waals surface area contributed by atoms with Crippen LogP contribution in [0.3, 0.4) is 0 Å². The summed E-state index contributed by atoms with van der Waals surface area (Å²) >= 11 is 0. The number of aliphatic carboxylic acids is 2. The zero-order chi connectivity index (χ0) is 25.1. The van der Waals surface area contributed by atoms with Crippen LogP contribution in [0.2, 0.25) is 0 Å². The van der Waals surface area contributed by atoms with Crippen molar-refractivity contribution < 1.29 is 34.1 Å². The fourth-order valence-electron chi connectivity index (χ4n) is 4.39. The molecule has 2 N–H and O–H groups in total. The van der Waals surface area contributed by atoms with Gasteiger partial charge in [0.15, 0.2) is 5.54 Å². The molecule has 1 heterocycles. The maximum Gasteiger partial charge on any atom is 0.331 e. The van der Waals surface area contributed by atoms with E-state index in [2.05, 4.69) is 0 Å². The van der Waals surface area contributed by atoms with Crippen LogP contribution in [0.25, 0.3) is 0 Å². The summed E-state index contributed by atoms with van der Waals surface area (Å²) in [6.07, 6.45) is -0.612. The number of carbonyl (C=O) groups excluding carboxylic acids is 2. The lowest BCUT2D eigenvalue weighted by atomic mass is 9.83. The number of amides is 2. The third kappa shape index (κ3) is 5.64. The summed E-state index contributed by atoms with van der Waals surface area (Å²) in [6.45, 7) is 9.52. The Morgan fingerprint density at radius 2 is 1.76 bits per heavy atom. The van der Waals surface area contributed by atoms with Crippen LogP contribution in [0.5, 0.6) is 5.75 Å². The summed E-state index contributed by atoms with van der Waals surface area (Å²) in [7, 11) is 1.52. The van der Waals surface area contributed by atoms with Gasteiger partial charge in [0, 0.05) is 18.7 Å². The first-order valence-electron chi connectivity index (χ1n) is 11.0. The Labute approximate surface area is 194 Å². The minimum atomic E-state index is -1.67. The molecule has 2 rings (SSSR count). The van der Waals surface area contributed by atoms with Crippen molar-refractivity contribution in [2.75, 3.05) is 26.7 Å². The van der Waals surface area contributed by atoms with Crippen molar-refractivity contribution in [2.45, 2.75) is 58.4 Å². The average molecular weight is 463 g/mol. The van der Waals surface area contributed by atoms with Gasteiger partial charge in [0.05, 0.1) is 13.7 Å². The number of rotatable bonds is 7. The third-order valence-electron chi connectivity index (χ3n) is 5.86. The Bertz CT molecular complexity index is 935. The van der Waals surface area contributed by atoms with E-state index in [1.54, 1.807) is 12.1 Å². The molecule has 1 aromatic rings. The van der Waals surface area contributed by atoms with Gasteiger partial charge in [0.25, 0.3) is 5.91 Å². The summed E-state index contributed by atoms with van der Waals surface area (Å²) in [5, 5.41) is 19.2. The average Bonchev–Trinajstić information content (AvgIpc) is 2.70. The van der Waals surface area contributed by atoms with Crippen molar-refractivity contribution in [2.24, 2.45) is 5.92 Å². The van der Waals surface area contributed by atoms with Crippen molar-refractivity contribution >= 4 is 23.8 Å². The predicted octanol–water partition coefficient (Wildman–Crippen LogP) is 2.62. The van der Waals surface area contributed by atoms with Crippen molar-refractivity contribution in [1.29, 1.82) is 0 Å². The second kappa shape index (κ2) is 9.80. The van der Waals surface area contributed by atoms with Crippen LogP contribution in [0.1, 0.15) is 63.4 Å². The second-order valence-electron chi connectivity index (χ2n) is 9.94. The van der Waals surface area contributed by atoms with Gasteiger partial charge in [-0.3, -0.25) is 14.4 Å². The van der Waals surface area contributed by atoms with Crippen LogP contribution < -0.4 is 4.74 Å². The molecule has 33 heavy (non-hydrogen) atoms. The normalized spacial score (nSPS) is 18.9. The second-order valence-corrected chi connectivity index (χ2v) is 9.94. The van der Waals surface area contributed by atoms with Gasteiger partial charge >= 0.3 is 11.9 Å². The van der Waals surface area contributed by atoms with Gasteiger partial charge < -0.3 is 24.7 Å². The van der Waals surface area contributed by atoms with Crippen LogP contribution in [0, 0.1) is 5.92 Å². The minimum absolute atomic E-state index is 0.0213. The smallest absolute Gasteiger partial charge is 0.331 e. The van der Waals surface area contributed by atoms with Gasteiger partial charge in [-0.2, -0.15) is 0 Å². The number of hydrogen-bond donors (Lipinski definition) is 2. The largest absolute Gasteiger partial charge is 0.496 e. The van der Waals surface area contributed by atoms with Gasteiger partial charge in [-0.05, 0) is 35.4 Å². The highest BCUT2D eigenvalue weighted by Gasteiger charge is 2.51. The van der Waals surface area contributed by atoms with Crippen LogP contribution >= 0.6 is 0 Å². The first-order chi connectivity index (χ1) is 15.2. The molecule has 9 nitrogen and oxygen atoms in total. The highest BCUT2D eigenvalue weighted by molar-refractivity contribution is 5.99. The molecule has 0 bridgehead atoms. The summed E-state index contributed by atoms with van der Waals surface area (Å²) in [4.78, 5) is 52.1. The fourth-order valence-corrected chi connectivity index (χ4v) is 4.39. The van der Waals surface area contributed by atoms with Crippen LogP contribution in [0.15, 0.2) is 18.2 Å². The lowest BCUT2D eigenvalue weighted by Gasteiger charge is -2.48. The molecule has 2 amide bonds. The molecule has 9 heteroatoms. The van der Waals surface area contributed by atoms with Crippen molar-refractivity contribution in [1.82, 2.24) is 9.80 Å². The zero-order valence-electron chi connectivity index (χ0n) is 20.2. The van der Waals surface area contributed by atoms with E-state index in [-0.39, 0.29) is 37.4 Å². The minimum Gasteiger partial charge on any atom is -0.496 e.